The predicted molar refractivity (Wildman–Crippen MR) is 120 cm³/mol. The van der Waals surface area contributed by atoms with Crippen molar-refractivity contribution in [2.45, 2.75) is 38.8 Å². The van der Waals surface area contributed by atoms with Crippen molar-refractivity contribution in [2.75, 3.05) is 7.05 Å². The molecule has 0 saturated carbocycles. The van der Waals surface area contributed by atoms with Crippen molar-refractivity contribution < 1.29 is 33.2 Å². The van der Waals surface area contributed by atoms with E-state index in [0.29, 0.717) is 5.57 Å². The van der Waals surface area contributed by atoms with Crippen molar-refractivity contribution in [1.29, 1.82) is 0 Å². The first-order valence-corrected chi connectivity index (χ1v) is 10.6. The van der Waals surface area contributed by atoms with Gasteiger partial charge in [0.25, 0.3) is 23.3 Å². The second-order valence-electron chi connectivity index (χ2n) is 9.04. The number of amides is 3. The SMILES string of the molecule is CNC(=O)C1=C(O)C2=NC=C(Cc3ccc(F)cc3)C3OC(C(=O)NC(C)(C)C)=C[N+](=C23)C1=O. The maximum absolute atomic E-state index is 13.4. The van der Waals surface area contributed by atoms with E-state index < -0.39 is 40.7 Å². The fraction of sp³-hybridized carbons (Fsp3) is 0.292. The highest BCUT2D eigenvalue weighted by atomic mass is 19.1. The Balaban J connectivity index is 1.83. The normalized spacial score (nSPS) is 19.5. The quantitative estimate of drug-likeness (QED) is 0.457. The number of carbonyl (C=O) groups is 3. The zero-order valence-electron chi connectivity index (χ0n) is 19.1. The maximum Gasteiger partial charge on any atom is 0.434 e. The molecule has 0 aromatic heterocycles. The number of likely N-dealkylation sites (N-methyl/N-ethyl adjacent to an activating group) is 1. The predicted octanol–water partition coefficient (Wildman–Crippen LogP) is 1.41. The molecule has 9 nitrogen and oxygen atoms in total. The largest absolute Gasteiger partial charge is 0.504 e. The molecule has 3 aliphatic rings. The number of aliphatic hydroxyl groups excluding tert-OH is 1. The van der Waals surface area contributed by atoms with Crippen LogP contribution in [0, 0.1) is 5.82 Å². The van der Waals surface area contributed by atoms with E-state index in [-0.39, 0.29) is 29.4 Å². The van der Waals surface area contributed by atoms with E-state index in [1.165, 1.54) is 31.6 Å². The Hall–Kier alpha value is -4.08. The third-order valence-electron chi connectivity index (χ3n) is 5.32. The first-order chi connectivity index (χ1) is 16.0. The Morgan fingerprint density at radius 3 is 2.50 bits per heavy atom. The van der Waals surface area contributed by atoms with Crippen LogP contribution in [0.3, 0.4) is 0 Å². The zero-order chi connectivity index (χ0) is 24.8. The number of rotatable bonds is 4. The molecule has 34 heavy (non-hydrogen) atoms. The zero-order valence-corrected chi connectivity index (χ0v) is 19.1. The number of benzene rings is 1. The van der Waals surface area contributed by atoms with Crippen LogP contribution < -0.4 is 10.6 Å². The number of nitrogens with one attached hydrogen (secondary N) is 2. The van der Waals surface area contributed by atoms with E-state index in [1.807, 2.05) is 0 Å². The number of hydrogen-bond acceptors (Lipinski definition) is 6. The summed E-state index contributed by atoms with van der Waals surface area (Å²) in [6, 6.07) is 5.86. The van der Waals surface area contributed by atoms with Gasteiger partial charge >= 0.3 is 5.91 Å². The van der Waals surface area contributed by atoms with Crippen molar-refractivity contribution in [3.05, 3.63) is 70.7 Å². The molecule has 176 valence electrons. The summed E-state index contributed by atoms with van der Waals surface area (Å²) in [5, 5.41) is 15.8. The number of carbonyl (C=O) groups excluding carboxylic acids is 3. The van der Waals surface area contributed by atoms with Gasteiger partial charge < -0.3 is 20.5 Å². The Morgan fingerprint density at radius 1 is 1.21 bits per heavy atom. The lowest BCUT2D eigenvalue weighted by Crippen LogP contribution is -2.52. The Kier molecular flexibility index (Phi) is 5.68. The van der Waals surface area contributed by atoms with Crippen LogP contribution in [0.2, 0.25) is 0 Å². The molecule has 1 atom stereocenters. The van der Waals surface area contributed by atoms with Gasteiger partial charge in [-0.15, -0.1) is 4.58 Å². The molecule has 1 unspecified atom stereocenters. The van der Waals surface area contributed by atoms with Crippen molar-refractivity contribution in [2.24, 2.45) is 4.99 Å². The fourth-order valence-corrected chi connectivity index (χ4v) is 3.81. The average Bonchev–Trinajstić information content (AvgIpc) is 2.78. The fourth-order valence-electron chi connectivity index (χ4n) is 3.81. The summed E-state index contributed by atoms with van der Waals surface area (Å²) in [6.07, 6.45) is 2.00. The molecular weight excluding hydrogens is 443 g/mol. The number of nitrogens with zero attached hydrogens (tertiary/aromatic N) is 2. The van der Waals surface area contributed by atoms with Crippen LogP contribution in [0.4, 0.5) is 4.39 Å². The van der Waals surface area contributed by atoms with Gasteiger partial charge in [-0.05, 0) is 44.9 Å². The second kappa shape index (κ2) is 8.36. The molecule has 0 saturated heterocycles. The third kappa shape index (κ3) is 4.14. The van der Waals surface area contributed by atoms with Crippen LogP contribution in [-0.4, -0.2) is 57.5 Å². The highest BCUT2D eigenvalue weighted by Gasteiger charge is 2.52. The summed E-state index contributed by atoms with van der Waals surface area (Å²) in [5.74, 6) is -3.25. The first-order valence-electron chi connectivity index (χ1n) is 10.6. The molecule has 3 heterocycles. The van der Waals surface area contributed by atoms with Gasteiger partial charge in [0.2, 0.25) is 12.3 Å². The highest BCUT2D eigenvalue weighted by Crippen LogP contribution is 2.30. The van der Waals surface area contributed by atoms with Gasteiger partial charge in [0.05, 0.1) is 0 Å². The maximum atomic E-state index is 13.4. The molecule has 10 heteroatoms. The van der Waals surface area contributed by atoms with Crippen LogP contribution in [0.5, 0.6) is 0 Å². The van der Waals surface area contributed by atoms with Gasteiger partial charge in [-0.2, -0.15) is 0 Å². The lowest BCUT2D eigenvalue weighted by Gasteiger charge is -2.30. The minimum atomic E-state index is -0.944. The van der Waals surface area contributed by atoms with Crippen LogP contribution in [0.25, 0.3) is 0 Å². The molecule has 0 fully saturated rings. The summed E-state index contributed by atoms with van der Waals surface area (Å²) in [7, 11) is 1.33. The molecule has 0 spiro atoms. The summed E-state index contributed by atoms with van der Waals surface area (Å²) in [5.41, 5.74) is 0.459. The summed E-state index contributed by atoms with van der Waals surface area (Å²) in [6.45, 7) is 5.40. The van der Waals surface area contributed by atoms with Crippen LogP contribution in [0.15, 0.2) is 64.3 Å². The molecular formula is C24H24FN4O5+. The van der Waals surface area contributed by atoms with Crippen molar-refractivity contribution >= 4 is 29.1 Å². The lowest BCUT2D eigenvalue weighted by molar-refractivity contribution is -0.385. The number of allylic oxidation sites excluding steroid dienone is 1. The summed E-state index contributed by atoms with van der Waals surface area (Å²) < 4.78 is 20.5. The highest BCUT2D eigenvalue weighted by molar-refractivity contribution is 6.52. The number of aliphatic imine (C=N–C) groups is 1. The van der Waals surface area contributed by atoms with Crippen LogP contribution >= 0.6 is 0 Å². The molecule has 1 aromatic rings. The lowest BCUT2D eigenvalue weighted by atomic mass is 9.89. The minimum Gasteiger partial charge on any atom is -0.504 e. The van der Waals surface area contributed by atoms with Gasteiger partial charge in [-0.3, -0.25) is 9.59 Å². The van der Waals surface area contributed by atoms with E-state index >= 15 is 0 Å². The summed E-state index contributed by atoms with van der Waals surface area (Å²) in [4.78, 5) is 42.8. The Morgan fingerprint density at radius 2 is 1.88 bits per heavy atom. The second-order valence-corrected chi connectivity index (χ2v) is 9.04. The van der Waals surface area contributed by atoms with Gasteiger partial charge in [0.1, 0.15) is 5.82 Å². The number of ether oxygens (including phenoxy) is 1. The van der Waals surface area contributed by atoms with Gasteiger partial charge in [0, 0.05) is 24.4 Å². The molecule has 3 aliphatic heterocycles. The van der Waals surface area contributed by atoms with Gasteiger partial charge in [-0.25, -0.2) is 14.2 Å². The third-order valence-corrected chi connectivity index (χ3v) is 5.32. The smallest absolute Gasteiger partial charge is 0.434 e. The van der Waals surface area contributed by atoms with E-state index in [9.17, 15) is 23.9 Å². The summed E-state index contributed by atoms with van der Waals surface area (Å²) >= 11 is 0. The molecule has 0 aliphatic carbocycles. The number of hydrogen-bond donors (Lipinski definition) is 3. The number of aliphatic hydroxyl groups is 1. The van der Waals surface area contributed by atoms with E-state index in [1.54, 1.807) is 32.9 Å². The van der Waals surface area contributed by atoms with Crippen molar-refractivity contribution in [3.63, 3.8) is 0 Å². The van der Waals surface area contributed by atoms with Gasteiger partial charge in [-0.1, -0.05) is 12.1 Å². The van der Waals surface area contributed by atoms with E-state index in [2.05, 4.69) is 15.6 Å². The monoisotopic (exact) mass is 467 g/mol. The average molecular weight is 467 g/mol. The van der Waals surface area contributed by atoms with Crippen molar-refractivity contribution in [1.82, 2.24) is 10.6 Å². The number of halogens is 1. The molecule has 1 aromatic carbocycles. The van der Waals surface area contributed by atoms with Gasteiger partial charge in [0.15, 0.2) is 17.0 Å². The van der Waals surface area contributed by atoms with Crippen LogP contribution in [-0.2, 0) is 25.5 Å². The van der Waals surface area contributed by atoms with E-state index in [4.69, 9.17) is 4.74 Å². The molecule has 0 radical (unpaired) electrons. The first kappa shape index (κ1) is 23.1. The topological polar surface area (TPSA) is 120 Å². The standard InChI is InChI=1S/C24H23FN4O5/c1-24(2,3)28-21(31)15-11-29-18-17(19(30)16(23(29)33)22(32)26-4)27-10-13(20(18)34-15)9-12-5-7-14(25)8-6-12/h5-8,10-11,20H,9H2,1-4H3,(H2-,26,28,30,31,32,33)/p+1. The molecule has 3 N–H and O–H groups in total. The molecule has 4 rings (SSSR count). The van der Waals surface area contributed by atoms with Crippen molar-refractivity contribution in [3.8, 4) is 0 Å². The molecule has 3 amide bonds. The van der Waals surface area contributed by atoms with E-state index in [0.717, 1.165) is 10.1 Å². The Labute approximate surface area is 195 Å². The van der Waals surface area contributed by atoms with Crippen LogP contribution in [0.1, 0.15) is 26.3 Å². The Bertz CT molecular complexity index is 1260. The molecule has 0 bridgehead atoms. The minimum absolute atomic E-state index is 0.00224.